The van der Waals surface area contributed by atoms with E-state index in [4.69, 9.17) is 0 Å². The Bertz CT molecular complexity index is 1860. The van der Waals surface area contributed by atoms with Crippen molar-refractivity contribution in [3.8, 4) is 23.0 Å². The lowest BCUT2D eigenvalue weighted by Crippen LogP contribution is -2.68. The summed E-state index contributed by atoms with van der Waals surface area (Å²) in [6, 6.07) is 36.0. The van der Waals surface area contributed by atoms with Gasteiger partial charge >= 0.3 is 0 Å². The largest absolute Gasteiger partial charge is 0.504 e. The van der Waals surface area contributed by atoms with Crippen molar-refractivity contribution in [1.29, 1.82) is 0 Å². The van der Waals surface area contributed by atoms with E-state index in [1.165, 1.54) is 31.3 Å². The van der Waals surface area contributed by atoms with Crippen LogP contribution in [-0.2, 0) is 21.5 Å². The van der Waals surface area contributed by atoms with Crippen molar-refractivity contribution >= 4 is 17.6 Å². The van der Waals surface area contributed by atoms with E-state index < -0.39 is 40.2 Å². The van der Waals surface area contributed by atoms with Gasteiger partial charge in [-0.3, -0.25) is 19.7 Å². The molecular formula is C40H39N3O7. The molecule has 0 bridgehead atoms. The molecule has 0 radical (unpaired) electrons. The molecule has 5 aromatic carbocycles. The Hall–Kier alpha value is -6.13. The molecule has 0 fully saturated rings. The molecule has 0 saturated carbocycles. The van der Waals surface area contributed by atoms with Gasteiger partial charge in [0.1, 0.15) is 0 Å². The molecular weight excluding hydrogens is 634 g/mol. The van der Waals surface area contributed by atoms with Crippen LogP contribution in [0.2, 0.25) is 0 Å². The normalized spacial score (nSPS) is 12.4. The van der Waals surface area contributed by atoms with Gasteiger partial charge in [0.15, 0.2) is 34.3 Å². The fourth-order valence-electron chi connectivity index (χ4n) is 6.14. The quantitative estimate of drug-likeness (QED) is 0.0378. The molecule has 1 atom stereocenters. The van der Waals surface area contributed by atoms with E-state index in [2.05, 4.69) is 16.0 Å². The number of benzene rings is 5. The third kappa shape index (κ3) is 7.30. The SMILES string of the molecule is CNC(=O)CC[C@](NC(c1ccccc1)(c1ccccc1)c1ccccc1)(C(=O)NCCc1ccc(O)c(O)c1)C(=O)c1ccc(O)c(O)c1. The number of amides is 2. The lowest BCUT2D eigenvalue weighted by molar-refractivity contribution is -0.127. The second-order valence-corrected chi connectivity index (χ2v) is 11.9. The highest BCUT2D eigenvalue weighted by Crippen LogP contribution is 2.41. The van der Waals surface area contributed by atoms with Crippen molar-refractivity contribution in [2.75, 3.05) is 13.6 Å². The average Bonchev–Trinajstić information content (AvgIpc) is 3.15. The molecule has 0 spiro atoms. The number of phenolic OH excluding ortho intramolecular Hbond substituents is 4. The van der Waals surface area contributed by atoms with Crippen LogP contribution in [0.3, 0.4) is 0 Å². The number of ketones is 1. The summed E-state index contributed by atoms with van der Waals surface area (Å²) >= 11 is 0. The predicted molar refractivity (Wildman–Crippen MR) is 189 cm³/mol. The minimum Gasteiger partial charge on any atom is -0.504 e. The van der Waals surface area contributed by atoms with Gasteiger partial charge in [0.2, 0.25) is 11.8 Å². The highest BCUT2D eigenvalue weighted by molar-refractivity contribution is 6.18. The summed E-state index contributed by atoms with van der Waals surface area (Å²) in [7, 11) is 1.46. The summed E-state index contributed by atoms with van der Waals surface area (Å²) in [5, 5.41) is 49.3. The van der Waals surface area contributed by atoms with Gasteiger partial charge < -0.3 is 31.1 Å². The maximum Gasteiger partial charge on any atom is 0.248 e. The zero-order valence-corrected chi connectivity index (χ0v) is 27.5. The van der Waals surface area contributed by atoms with E-state index in [1.54, 1.807) is 6.07 Å². The van der Waals surface area contributed by atoms with Gasteiger partial charge in [0, 0.05) is 25.6 Å². The van der Waals surface area contributed by atoms with Crippen molar-refractivity contribution in [1.82, 2.24) is 16.0 Å². The summed E-state index contributed by atoms with van der Waals surface area (Å²) in [6.45, 7) is 0.0234. The molecule has 10 heteroatoms. The minimum atomic E-state index is -2.16. The lowest BCUT2D eigenvalue weighted by atomic mass is 9.72. The summed E-state index contributed by atoms with van der Waals surface area (Å²) in [4.78, 5) is 42.8. The molecule has 5 rings (SSSR count). The third-order valence-electron chi connectivity index (χ3n) is 8.78. The van der Waals surface area contributed by atoms with E-state index in [0.717, 1.165) is 6.07 Å². The molecule has 0 saturated heterocycles. The molecule has 50 heavy (non-hydrogen) atoms. The van der Waals surface area contributed by atoms with E-state index >= 15 is 4.79 Å². The zero-order valence-electron chi connectivity index (χ0n) is 27.5. The van der Waals surface area contributed by atoms with Crippen LogP contribution in [0, 0.1) is 0 Å². The summed E-state index contributed by atoms with van der Waals surface area (Å²) in [5.41, 5.74) is -0.852. The van der Waals surface area contributed by atoms with E-state index in [1.807, 2.05) is 91.0 Å². The van der Waals surface area contributed by atoms with Gasteiger partial charge in [0.25, 0.3) is 0 Å². The Labute approximate surface area is 290 Å². The molecule has 7 N–H and O–H groups in total. The molecule has 2 amide bonds. The molecule has 0 unspecified atom stereocenters. The van der Waals surface area contributed by atoms with Crippen molar-refractivity contribution in [3.63, 3.8) is 0 Å². The second-order valence-electron chi connectivity index (χ2n) is 11.9. The van der Waals surface area contributed by atoms with E-state index in [-0.39, 0.29) is 42.9 Å². The van der Waals surface area contributed by atoms with Crippen LogP contribution in [0.25, 0.3) is 0 Å². The number of Topliss-reactive ketones (excluding diaryl/α,β-unsaturated/α-hetero) is 1. The van der Waals surface area contributed by atoms with E-state index in [9.17, 15) is 30.0 Å². The lowest BCUT2D eigenvalue weighted by Gasteiger charge is -2.45. The van der Waals surface area contributed by atoms with Crippen molar-refractivity contribution in [2.45, 2.75) is 30.3 Å². The fraction of sp³-hybridized carbons (Fsp3) is 0.175. The van der Waals surface area contributed by atoms with Crippen LogP contribution in [0.1, 0.15) is 45.5 Å². The maximum absolute atomic E-state index is 15.1. The first kappa shape index (κ1) is 35.2. The number of carbonyl (C=O) groups excluding carboxylic acids is 3. The van der Waals surface area contributed by atoms with Crippen molar-refractivity contribution in [2.24, 2.45) is 0 Å². The molecule has 0 aromatic heterocycles. The number of aromatic hydroxyl groups is 4. The summed E-state index contributed by atoms with van der Waals surface area (Å²) < 4.78 is 0. The summed E-state index contributed by atoms with van der Waals surface area (Å²) in [5.74, 6) is -3.48. The predicted octanol–water partition coefficient (Wildman–Crippen LogP) is 4.90. The Morgan fingerprint density at radius 3 is 1.60 bits per heavy atom. The van der Waals surface area contributed by atoms with Crippen LogP contribution >= 0.6 is 0 Å². The highest BCUT2D eigenvalue weighted by atomic mass is 16.3. The Kier molecular flexibility index (Phi) is 10.8. The number of phenols is 4. The molecule has 0 aliphatic rings. The Morgan fingerprint density at radius 1 is 0.620 bits per heavy atom. The molecule has 10 nitrogen and oxygen atoms in total. The molecule has 0 aliphatic heterocycles. The zero-order chi connectivity index (χ0) is 35.7. The number of carbonyl (C=O) groups is 3. The minimum absolute atomic E-state index is 0.0234. The average molecular weight is 674 g/mol. The van der Waals surface area contributed by atoms with Crippen LogP contribution in [0.5, 0.6) is 23.0 Å². The molecule has 0 heterocycles. The smallest absolute Gasteiger partial charge is 0.248 e. The first-order chi connectivity index (χ1) is 24.1. The van der Waals surface area contributed by atoms with Gasteiger partial charge in [0.05, 0.1) is 5.54 Å². The molecule has 256 valence electrons. The Morgan fingerprint density at radius 2 is 1.12 bits per heavy atom. The maximum atomic E-state index is 15.1. The van der Waals surface area contributed by atoms with Crippen molar-refractivity contribution in [3.05, 3.63) is 155 Å². The van der Waals surface area contributed by atoms with Gasteiger partial charge in [-0.25, -0.2) is 0 Å². The van der Waals surface area contributed by atoms with Crippen molar-refractivity contribution < 1.29 is 34.8 Å². The number of hydrogen-bond donors (Lipinski definition) is 7. The van der Waals surface area contributed by atoms with Crippen LogP contribution in [0.15, 0.2) is 127 Å². The van der Waals surface area contributed by atoms with Gasteiger partial charge in [-0.05, 0) is 65.4 Å². The first-order valence-corrected chi connectivity index (χ1v) is 16.1. The summed E-state index contributed by atoms with van der Waals surface area (Å²) in [6.07, 6.45) is -0.291. The first-order valence-electron chi connectivity index (χ1n) is 16.1. The van der Waals surface area contributed by atoms with Crippen LogP contribution in [0.4, 0.5) is 0 Å². The molecule has 5 aromatic rings. The van der Waals surface area contributed by atoms with E-state index in [0.29, 0.717) is 22.3 Å². The highest BCUT2D eigenvalue weighted by Gasteiger charge is 2.53. The van der Waals surface area contributed by atoms with Crippen LogP contribution in [-0.4, -0.2) is 57.2 Å². The fourth-order valence-corrected chi connectivity index (χ4v) is 6.14. The van der Waals surface area contributed by atoms with Gasteiger partial charge in [-0.1, -0.05) is 97.1 Å². The van der Waals surface area contributed by atoms with Crippen LogP contribution < -0.4 is 16.0 Å². The Balaban J connectivity index is 1.74. The van der Waals surface area contributed by atoms with Gasteiger partial charge in [-0.2, -0.15) is 0 Å². The second kappa shape index (κ2) is 15.4. The van der Waals surface area contributed by atoms with Gasteiger partial charge in [-0.15, -0.1) is 0 Å². The number of nitrogens with one attached hydrogen (secondary N) is 3. The monoisotopic (exact) mass is 673 g/mol. The standard InChI is InChI=1S/C40H39N3O7/c1-41-36(48)21-23-39(37(49)28-18-20-33(45)35(47)26-28,38(50)42-24-22-27-17-19-32(44)34(46)25-27)43-40(29-11-5-2-6-12-29,30-13-7-3-8-14-30)31-15-9-4-10-16-31/h2-20,25-26,43-47H,21-24H2,1H3,(H,41,48)(H,42,50)/t39-/m1/s1. The molecule has 0 aliphatic carbocycles. The topological polar surface area (TPSA) is 168 Å². The number of hydrogen-bond acceptors (Lipinski definition) is 8. The third-order valence-corrected chi connectivity index (χ3v) is 8.78. The number of rotatable bonds is 14.